The Bertz CT molecular complexity index is 1040. The third-order valence-electron chi connectivity index (χ3n) is 3.84. The third kappa shape index (κ3) is 3.12. The van der Waals surface area contributed by atoms with Gasteiger partial charge in [0.25, 0.3) is 0 Å². The highest BCUT2D eigenvalue weighted by Crippen LogP contribution is 2.23. The maximum absolute atomic E-state index is 13.5. The van der Waals surface area contributed by atoms with Crippen molar-refractivity contribution in [1.29, 1.82) is 5.26 Å². The van der Waals surface area contributed by atoms with E-state index in [1.165, 1.54) is 12.1 Å². The molecule has 0 saturated carbocycles. The van der Waals surface area contributed by atoms with Gasteiger partial charge in [-0.3, -0.25) is 0 Å². The van der Waals surface area contributed by atoms with E-state index in [9.17, 15) is 9.18 Å². The van der Waals surface area contributed by atoms with E-state index in [1.54, 1.807) is 10.6 Å². The molecule has 0 unspecified atom stereocenters. The van der Waals surface area contributed by atoms with E-state index in [-0.39, 0.29) is 12.1 Å². The minimum absolute atomic E-state index is 0.144. The molecule has 0 spiro atoms. The Kier molecular flexibility index (Phi) is 4.31. The molecule has 6 heteroatoms. The summed E-state index contributed by atoms with van der Waals surface area (Å²) in [5.74, 6) is -1.48. The Hall–Kier alpha value is -3.46. The van der Waals surface area contributed by atoms with Crippen LogP contribution in [0.3, 0.4) is 0 Å². The molecule has 2 aromatic carbocycles. The van der Waals surface area contributed by atoms with Gasteiger partial charge in [-0.2, -0.15) is 5.26 Å². The van der Waals surface area contributed by atoms with Gasteiger partial charge < -0.3 is 9.67 Å². The van der Waals surface area contributed by atoms with Crippen LogP contribution in [0.2, 0.25) is 0 Å². The van der Waals surface area contributed by atoms with E-state index in [4.69, 9.17) is 10.4 Å². The molecule has 25 heavy (non-hydrogen) atoms. The predicted octanol–water partition coefficient (Wildman–Crippen LogP) is 3.96. The van der Waals surface area contributed by atoms with Crippen molar-refractivity contribution in [2.24, 2.45) is 0 Å². The predicted molar refractivity (Wildman–Crippen MR) is 92.3 cm³/mol. The number of aromatic carboxylic acids is 1. The summed E-state index contributed by atoms with van der Waals surface area (Å²) < 4.78 is 15.3. The molecule has 3 aromatic rings. The number of allylic oxidation sites excluding steroid dienone is 1. The second-order valence-electron chi connectivity index (χ2n) is 5.54. The van der Waals surface area contributed by atoms with Gasteiger partial charge in [0.05, 0.1) is 22.7 Å². The van der Waals surface area contributed by atoms with E-state index in [0.29, 0.717) is 11.4 Å². The van der Waals surface area contributed by atoms with E-state index in [0.717, 1.165) is 22.7 Å². The number of carboxylic acid groups (broad SMARTS) is 1. The quantitative estimate of drug-likeness (QED) is 0.783. The molecule has 0 radical (unpaired) electrons. The fraction of sp³-hybridized carbons (Fsp3) is 0.105. The molecular weight excluding hydrogens is 321 g/mol. The van der Waals surface area contributed by atoms with Gasteiger partial charge in [0, 0.05) is 0 Å². The normalized spacial score (nSPS) is 11.5. The first-order chi connectivity index (χ1) is 12.0. The smallest absolute Gasteiger partial charge is 0.338 e. The molecule has 0 bridgehead atoms. The maximum Gasteiger partial charge on any atom is 0.338 e. The number of hydrogen-bond donors (Lipinski definition) is 1. The number of rotatable bonds is 4. The van der Waals surface area contributed by atoms with Crippen molar-refractivity contribution >= 4 is 28.7 Å². The van der Waals surface area contributed by atoms with Gasteiger partial charge in [0.15, 0.2) is 0 Å². The largest absolute Gasteiger partial charge is 0.478 e. The molecule has 0 aliphatic carbocycles. The first kappa shape index (κ1) is 16.4. The number of halogens is 1. The summed E-state index contributed by atoms with van der Waals surface area (Å²) in [6, 6.07) is 13.5. The lowest BCUT2D eigenvalue weighted by molar-refractivity contribution is 0.0692. The van der Waals surface area contributed by atoms with Gasteiger partial charge in [0.2, 0.25) is 0 Å². The molecule has 0 aliphatic rings. The molecule has 0 fully saturated rings. The average molecular weight is 335 g/mol. The lowest BCUT2D eigenvalue weighted by atomic mass is 10.1. The van der Waals surface area contributed by atoms with Crippen LogP contribution < -0.4 is 0 Å². The maximum atomic E-state index is 13.5. The highest BCUT2D eigenvalue weighted by atomic mass is 19.1. The van der Waals surface area contributed by atoms with Gasteiger partial charge in [0.1, 0.15) is 18.2 Å². The Morgan fingerprint density at radius 2 is 2.12 bits per heavy atom. The first-order valence-corrected chi connectivity index (χ1v) is 7.55. The number of nitrogens with zero attached hydrogens (tertiary/aromatic N) is 3. The van der Waals surface area contributed by atoms with Gasteiger partial charge in [-0.15, -0.1) is 0 Å². The minimum atomic E-state index is -1.32. The Balaban J connectivity index is 2.11. The fourth-order valence-electron chi connectivity index (χ4n) is 2.72. The Labute approximate surface area is 143 Å². The van der Waals surface area contributed by atoms with Crippen LogP contribution in [-0.4, -0.2) is 20.6 Å². The number of aromatic nitrogens is 2. The monoisotopic (exact) mass is 335 g/mol. The fourth-order valence-corrected chi connectivity index (χ4v) is 2.72. The number of benzene rings is 2. The van der Waals surface area contributed by atoms with E-state index >= 15 is 0 Å². The zero-order valence-corrected chi connectivity index (χ0v) is 13.4. The highest BCUT2D eigenvalue weighted by Gasteiger charge is 2.13. The van der Waals surface area contributed by atoms with Crippen molar-refractivity contribution in [1.82, 2.24) is 9.55 Å². The van der Waals surface area contributed by atoms with Crippen LogP contribution in [0.4, 0.5) is 4.39 Å². The van der Waals surface area contributed by atoms with Gasteiger partial charge in [-0.25, -0.2) is 14.2 Å². The Morgan fingerprint density at radius 1 is 1.36 bits per heavy atom. The molecular formula is C19H14FN3O2. The standard InChI is InChI=1S/C19H14FN3O2/c1-12(10-13-6-7-15(20)14(11-13)19(24)25)18-22-16-4-2-3-5-17(16)23(18)9-8-21/h2-7,10-11H,9H2,1H3,(H,24,25)/b12-10-. The van der Waals surface area contributed by atoms with E-state index in [1.807, 2.05) is 31.2 Å². The third-order valence-corrected chi connectivity index (χ3v) is 3.84. The van der Waals surface area contributed by atoms with Crippen LogP contribution in [0, 0.1) is 17.1 Å². The van der Waals surface area contributed by atoms with Crippen LogP contribution in [-0.2, 0) is 6.54 Å². The molecule has 0 atom stereocenters. The van der Waals surface area contributed by atoms with Gasteiger partial charge >= 0.3 is 5.97 Å². The van der Waals surface area contributed by atoms with E-state index < -0.39 is 11.8 Å². The number of carbonyl (C=O) groups is 1. The van der Waals surface area contributed by atoms with Crippen LogP contribution in [0.1, 0.15) is 28.7 Å². The molecule has 0 aliphatic heterocycles. The van der Waals surface area contributed by atoms with Crippen LogP contribution in [0.25, 0.3) is 22.7 Å². The number of imidazole rings is 1. The molecule has 5 nitrogen and oxygen atoms in total. The lowest BCUT2D eigenvalue weighted by Crippen LogP contribution is -2.02. The minimum Gasteiger partial charge on any atom is -0.478 e. The summed E-state index contributed by atoms with van der Waals surface area (Å²) in [4.78, 5) is 15.6. The SMILES string of the molecule is C/C(=C/c1ccc(F)c(C(=O)O)c1)c1nc2ccccc2n1CC#N. The number of para-hydroxylation sites is 2. The van der Waals surface area contributed by atoms with Crippen LogP contribution in [0.15, 0.2) is 42.5 Å². The zero-order chi connectivity index (χ0) is 18.0. The average Bonchev–Trinajstić information content (AvgIpc) is 2.96. The second-order valence-corrected chi connectivity index (χ2v) is 5.54. The van der Waals surface area contributed by atoms with Crippen molar-refractivity contribution in [2.75, 3.05) is 0 Å². The molecule has 124 valence electrons. The highest BCUT2D eigenvalue weighted by molar-refractivity contribution is 5.90. The number of hydrogen-bond acceptors (Lipinski definition) is 3. The molecule has 0 amide bonds. The molecule has 0 saturated heterocycles. The summed E-state index contributed by atoms with van der Waals surface area (Å²) in [7, 11) is 0. The lowest BCUT2D eigenvalue weighted by Gasteiger charge is -2.06. The summed E-state index contributed by atoms with van der Waals surface area (Å²) in [5.41, 5.74) is 2.52. The van der Waals surface area contributed by atoms with Crippen molar-refractivity contribution < 1.29 is 14.3 Å². The van der Waals surface area contributed by atoms with Crippen molar-refractivity contribution in [3.05, 3.63) is 65.2 Å². The van der Waals surface area contributed by atoms with Crippen LogP contribution >= 0.6 is 0 Å². The molecule has 3 rings (SSSR count). The number of nitriles is 1. The van der Waals surface area contributed by atoms with Crippen molar-refractivity contribution in [2.45, 2.75) is 13.5 Å². The Morgan fingerprint density at radius 3 is 2.84 bits per heavy atom. The molecule has 1 heterocycles. The van der Waals surface area contributed by atoms with Crippen molar-refractivity contribution in [3.8, 4) is 6.07 Å². The van der Waals surface area contributed by atoms with E-state index in [2.05, 4.69) is 11.1 Å². The summed E-state index contributed by atoms with van der Waals surface area (Å²) in [6.07, 6.45) is 1.72. The topological polar surface area (TPSA) is 78.9 Å². The summed E-state index contributed by atoms with van der Waals surface area (Å²) in [5, 5.41) is 18.1. The molecule has 1 aromatic heterocycles. The first-order valence-electron chi connectivity index (χ1n) is 7.55. The molecule has 1 N–H and O–H groups in total. The number of carboxylic acids is 1. The van der Waals surface area contributed by atoms with Crippen molar-refractivity contribution in [3.63, 3.8) is 0 Å². The van der Waals surface area contributed by atoms with Crippen LogP contribution in [0.5, 0.6) is 0 Å². The summed E-state index contributed by atoms with van der Waals surface area (Å²) >= 11 is 0. The second kappa shape index (κ2) is 6.57. The number of fused-ring (bicyclic) bond motifs is 1. The van der Waals surface area contributed by atoms with Gasteiger partial charge in [-0.1, -0.05) is 18.2 Å². The van der Waals surface area contributed by atoms with Gasteiger partial charge in [-0.05, 0) is 48.4 Å². The zero-order valence-electron chi connectivity index (χ0n) is 13.4. The summed E-state index contributed by atoms with van der Waals surface area (Å²) in [6.45, 7) is 1.96.